The first kappa shape index (κ1) is 13.1. The lowest BCUT2D eigenvalue weighted by atomic mass is 10.1. The van der Waals surface area contributed by atoms with Crippen molar-refractivity contribution in [3.8, 4) is 0 Å². The molecule has 0 saturated carbocycles. The van der Waals surface area contributed by atoms with Crippen LogP contribution >= 0.6 is 10.7 Å². The Balaban J connectivity index is 1.91. The van der Waals surface area contributed by atoms with E-state index in [0.29, 0.717) is 12.2 Å². The van der Waals surface area contributed by atoms with Gasteiger partial charge in [0.1, 0.15) is 5.82 Å². The van der Waals surface area contributed by atoms with Crippen LogP contribution in [0.5, 0.6) is 0 Å². The standard InChI is InChI=1S/C13H10ClN3O2S/c14-20(18,19)13-15-12(16-17-13)8-9-5-6-10-3-1-2-4-11(10)7-9/h1-7H,8H2,(H,15,16,17). The zero-order valence-electron chi connectivity index (χ0n) is 10.2. The second kappa shape index (κ2) is 4.88. The van der Waals surface area contributed by atoms with Crippen molar-refractivity contribution < 1.29 is 8.42 Å². The highest BCUT2D eigenvalue weighted by Gasteiger charge is 2.16. The molecule has 0 aliphatic rings. The molecule has 20 heavy (non-hydrogen) atoms. The van der Waals surface area contributed by atoms with Gasteiger partial charge in [-0.3, -0.25) is 5.10 Å². The summed E-state index contributed by atoms with van der Waals surface area (Å²) >= 11 is 0. The Morgan fingerprint density at radius 1 is 1.10 bits per heavy atom. The summed E-state index contributed by atoms with van der Waals surface area (Å²) in [6.07, 6.45) is 0.463. The number of aromatic nitrogens is 3. The maximum absolute atomic E-state index is 11.1. The lowest BCUT2D eigenvalue weighted by Crippen LogP contribution is -1.94. The van der Waals surface area contributed by atoms with Gasteiger partial charge in [0, 0.05) is 17.1 Å². The van der Waals surface area contributed by atoms with Gasteiger partial charge in [0.05, 0.1) is 0 Å². The van der Waals surface area contributed by atoms with E-state index in [9.17, 15) is 8.42 Å². The predicted octanol–water partition coefficient (Wildman–Crippen LogP) is 2.48. The van der Waals surface area contributed by atoms with Gasteiger partial charge in [-0.2, -0.15) is 0 Å². The maximum Gasteiger partial charge on any atom is 0.298 e. The fourth-order valence-corrected chi connectivity index (χ4v) is 2.59. The average Bonchev–Trinajstić information content (AvgIpc) is 2.87. The summed E-state index contributed by atoms with van der Waals surface area (Å²) in [6.45, 7) is 0. The molecule has 0 unspecified atom stereocenters. The highest BCUT2D eigenvalue weighted by Crippen LogP contribution is 2.17. The van der Waals surface area contributed by atoms with Crippen LogP contribution in [0.25, 0.3) is 10.8 Å². The first-order chi connectivity index (χ1) is 9.52. The Labute approximate surface area is 120 Å². The first-order valence-electron chi connectivity index (χ1n) is 5.86. The van der Waals surface area contributed by atoms with Crippen LogP contribution in [0, 0.1) is 0 Å². The zero-order chi connectivity index (χ0) is 14.2. The molecule has 3 aromatic rings. The van der Waals surface area contributed by atoms with Crippen molar-refractivity contribution in [1.82, 2.24) is 15.2 Å². The minimum absolute atomic E-state index is 0.394. The minimum atomic E-state index is -3.89. The number of H-pyrrole nitrogens is 1. The molecule has 0 amide bonds. The molecule has 5 nitrogen and oxygen atoms in total. The van der Waals surface area contributed by atoms with Gasteiger partial charge in [0.2, 0.25) is 0 Å². The monoisotopic (exact) mass is 307 g/mol. The summed E-state index contributed by atoms with van der Waals surface area (Å²) in [5, 5.41) is 8.05. The van der Waals surface area contributed by atoms with E-state index in [1.165, 1.54) is 0 Å². The number of halogens is 1. The van der Waals surface area contributed by atoms with Crippen LogP contribution in [0.1, 0.15) is 11.4 Å². The summed E-state index contributed by atoms with van der Waals surface area (Å²) in [7, 11) is 1.29. The topological polar surface area (TPSA) is 75.7 Å². The number of benzene rings is 2. The average molecular weight is 308 g/mol. The molecule has 1 aromatic heterocycles. The summed E-state index contributed by atoms with van der Waals surface area (Å²) in [4.78, 5) is 3.87. The summed E-state index contributed by atoms with van der Waals surface area (Å²) in [6, 6.07) is 14.0. The number of hydrogen-bond donors (Lipinski definition) is 1. The lowest BCUT2D eigenvalue weighted by molar-refractivity contribution is 0.601. The van der Waals surface area contributed by atoms with Gasteiger partial charge in [0.25, 0.3) is 14.2 Å². The van der Waals surface area contributed by atoms with Gasteiger partial charge in [-0.15, -0.1) is 5.10 Å². The normalized spacial score (nSPS) is 11.8. The summed E-state index contributed by atoms with van der Waals surface area (Å²) in [5.41, 5.74) is 1.01. The fraction of sp³-hybridized carbons (Fsp3) is 0.0769. The lowest BCUT2D eigenvalue weighted by Gasteiger charge is -2.01. The van der Waals surface area contributed by atoms with E-state index in [2.05, 4.69) is 15.2 Å². The van der Waals surface area contributed by atoms with Gasteiger partial charge in [-0.05, 0) is 16.3 Å². The van der Waals surface area contributed by atoms with Crippen LogP contribution in [0.15, 0.2) is 47.6 Å². The third-order valence-corrected chi connectivity index (χ3v) is 3.95. The molecule has 0 bridgehead atoms. The van der Waals surface area contributed by atoms with E-state index in [4.69, 9.17) is 10.7 Å². The molecule has 1 heterocycles. The summed E-state index contributed by atoms with van der Waals surface area (Å²) < 4.78 is 22.2. The van der Waals surface area contributed by atoms with Crippen molar-refractivity contribution in [2.24, 2.45) is 0 Å². The molecular weight excluding hydrogens is 298 g/mol. The quantitative estimate of drug-likeness (QED) is 0.754. The second-order valence-corrected chi connectivity index (χ2v) is 6.82. The van der Waals surface area contributed by atoms with Gasteiger partial charge in [-0.1, -0.05) is 42.5 Å². The highest BCUT2D eigenvalue weighted by molar-refractivity contribution is 8.13. The Hall–Kier alpha value is -1.92. The molecular formula is C13H10ClN3O2S. The van der Waals surface area contributed by atoms with Crippen LogP contribution < -0.4 is 0 Å². The van der Waals surface area contributed by atoms with E-state index < -0.39 is 14.2 Å². The largest absolute Gasteiger partial charge is 0.298 e. The van der Waals surface area contributed by atoms with Gasteiger partial charge < -0.3 is 0 Å². The predicted molar refractivity (Wildman–Crippen MR) is 76.2 cm³/mol. The number of fused-ring (bicyclic) bond motifs is 1. The Morgan fingerprint density at radius 3 is 2.55 bits per heavy atom. The summed E-state index contributed by atoms with van der Waals surface area (Å²) in [5.74, 6) is 0.458. The van der Waals surface area contributed by atoms with Crippen LogP contribution in [-0.2, 0) is 15.5 Å². The van der Waals surface area contributed by atoms with Crippen molar-refractivity contribution in [2.45, 2.75) is 11.6 Å². The van der Waals surface area contributed by atoms with Crippen molar-refractivity contribution in [3.63, 3.8) is 0 Å². The molecule has 1 N–H and O–H groups in total. The molecule has 7 heteroatoms. The van der Waals surface area contributed by atoms with Crippen LogP contribution in [0.3, 0.4) is 0 Å². The van der Waals surface area contributed by atoms with Crippen LogP contribution in [0.2, 0.25) is 0 Å². The van der Waals surface area contributed by atoms with Gasteiger partial charge in [-0.25, -0.2) is 13.4 Å². The third kappa shape index (κ3) is 2.66. The van der Waals surface area contributed by atoms with Crippen LogP contribution in [0.4, 0.5) is 0 Å². The van der Waals surface area contributed by atoms with E-state index in [-0.39, 0.29) is 0 Å². The first-order valence-corrected chi connectivity index (χ1v) is 8.17. The molecule has 0 spiro atoms. The number of hydrogen-bond acceptors (Lipinski definition) is 4. The molecule has 0 saturated heterocycles. The number of rotatable bonds is 3. The molecule has 0 fully saturated rings. The fourth-order valence-electron chi connectivity index (χ4n) is 2.01. The Bertz CT molecular complexity index is 874. The van der Waals surface area contributed by atoms with E-state index >= 15 is 0 Å². The van der Waals surface area contributed by atoms with Gasteiger partial charge >= 0.3 is 0 Å². The Morgan fingerprint density at radius 2 is 1.85 bits per heavy atom. The second-order valence-electron chi connectivity index (χ2n) is 4.36. The molecule has 0 aliphatic heterocycles. The number of aromatic amines is 1. The maximum atomic E-state index is 11.1. The van der Waals surface area contributed by atoms with E-state index in [1.54, 1.807) is 0 Å². The smallest absolute Gasteiger partial charge is 0.262 e. The van der Waals surface area contributed by atoms with Gasteiger partial charge in [0.15, 0.2) is 0 Å². The van der Waals surface area contributed by atoms with Crippen molar-refractivity contribution in [2.75, 3.05) is 0 Å². The molecule has 0 atom stereocenters. The van der Waals surface area contributed by atoms with Crippen molar-refractivity contribution in [3.05, 3.63) is 53.9 Å². The van der Waals surface area contributed by atoms with Crippen molar-refractivity contribution in [1.29, 1.82) is 0 Å². The highest BCUT2D eigenvalue weighted by atomic mass is 35.7. The van der Waals surface area contributed by atoms with Crippen LogP contribution in [-0.4, -0.2) is 23.6 Å². The van der Waals surface area contributed by atoms with Crippen molar-refractivity contribution >= 4 is 30.5 Å². The number of nitrogens with one attached hydrogen (secondary N) is 1. The Kier molecular flexibility index (Phi) is 3.19. The van der Waals surface area contributed by atoms with E-state index in [0.717, 1.165) is 16.3 Å². The molecule has 0 radical (unpaired) electrons. The molecule has 102 valence electrons. The SMILES string of the molecule is O=S(=O)(Cl)c1n[nH]c(Cc2ccc3ccccc3c2)n1. The number of nitrogens with zero attached hydrogens (tertiary/aromatic N) is 2. The third-order valence-electron chi connectivity index (χ3n) is 2.91. The molecule has 3 rings (SSSR count). The molecule has 2 aromatic carbocycles. The molecule has 0 aliphatic carbocycles. The minimum Gasteiger partial charge on any atom is -0.262 e. The zero-order valence-corrected chi connectivity index (χ0v) is 11.8. The van der Waals surface area contributed by atoms with E-state index in [1.807, 2.05) is 42.5 Å².